The van der Waals surface area contributed by atoms with Crippen molar-refractivity contribution >= 4 is 21.6 Å². The van der Waals surface area contributed by atoms with Gasteiger partial charge in [0, 0.05) is 24.3 Å². The molecule has 2 aromatic carbocycles. The average molecular weight is 375 g/mol. The number of hydrogen-bond acceptors (Lipinski definition) is 3. The lowest BCUT2D eigenvalue weighted by molar-refractivity contribution is 0.102. The Morgan fingerprint density at radius 2 is 1.46 bits per heavy atom. The van der Waals surface area contributed by atoms with Crippen molar-refractivity contribution in [2.75, 3.05) is 12.4 Å². The quantitative estimate of drug-likeness (QED) is 0.828. The van der Waals surface area contributed by atoms with Crippen LogP contribution in [0.1, 0.15) is 49.5 Å². The van der Waals surface area contributed by atoms with Crippen molar-refractivity contribution in [3.8, 4) is 0 Å². The minimum absolute atomic E-state index is 0.131. The lowest BCUT2D eigenvalue weighted by Gasteiger charge is -2.21. The van der Waals surface area contributed by atoms with E-state index in [2.05, 4.69) is 19.2 Å². The Bertz CT molecular complexity index is 855. The summed E-state index contributed by atoms with van der Waals surface area (Å²) in [6, 6.07) is 13.5. The van der Waals surface area contributed by atoms with Crippen LogP contribution in [0.5, 0.6) is 0 Å². The second-order valence-electron chi connectivity index (χ2n) is 6.87. The molecule has 0 fully saturated rings. The Balaban J connectivity index is 2.13. The van der Waals surface area contributed by atoms with Gasteiger partial charge >= 0.3 is 0 Å². The minimum Gasteiger partial charge on any atom is -0.322 e. The highest BCUT2D eigenvalue weighted by Crippen LogP contribution is 2.20. The topological polar surface area (TPSA) is 66.5 Å². The Morgan fingerprint density at radius 1 is 0.923 bits per heavy atom. The lowest BCUT2D eigenvalue weighted by atomic mass is 10.0. The molecule has 2 rings (SSSR count). The molecular formula is C20H26N2O3S. The molecule has 0 spiro atoms. The molecule has 0 saturated heterocycles. The first-order chi connectivity index (χ1) is 12.1. The summed E-state index contributed by atoms with van der Waals surface area (Å²) in [5.74, 6) is 0.181. The molecule has 0 radical (unpaired) electrons. The smallest absolute Gasteiger partial charge is 0.255 e. The summed E-state index contributed by atoms with van der Waals surface area (Å²) in [6.07, 6.45) is 0. The van der Waals surface area contributed by atoms with E-state index >= 15 is 0 Å². The van der Waals surface area contributed by atoms with Gasteiger partial charge in [-0.2, -0.15) is 4.31 Å². The molecule has 1 N–H and O–H groups in total. The van der Waals surface area contributed by atoms with Gasteiger partial charge in [0.25, 0.3) is 5.91 Å². The molecule has 0 heterocycles. The third kappa shape index (κ3) is 4.51. The predicted molar refractivity (Wildman–Crippen MR) is 105 cm³/mol. The molecule has 5 nitrogen and oxygen atoms in total. The molecule has 6 heteroatoms. The number of carbonyl (C=O) groups excluding carboxylic acids is 1. The Kier molecular flexibility index (Phi) is 6.21. The van der Waals surface area contributed by atoms with E-state index in [0.29, 0.717) is 17.2 Å². The number of sulfonamides is 1. The van der Waals surface area contributed by atoms with Gasteiger partial charge in [-0.15, -0.1) is 0 Å². The fraction of sp³-hybridized carbons (Fsp3) is 0.350. The number of amides is 1. The van der Waals surface area contributed by atoms with E-state index in [1.807, 2.05) is 26.0 Å². The maximum Gasteiger partial charge on any atom is 0.255 e. The first-order valence-electron chi connectivity index (χ1n) is 8.62. The van der Waals surface area contributed by atoms with Gasteiger partial charge in [0.1, 0.15) is 0 Å². The van der Waals surface area contributed by atoms with E-state index in [1.165, 1.54) is 22.0 Å². The van der Waals surface area contributed by atoms with E-state index in [1.54, 1.807) is 31.3 Å². The molecule has 0 aromatic heterocycles. The minimum atomic E-state index is -3.53. The zero-order valence-electron chi connectivity index (χ0n) is 15.9. The highest BCUT2D eigenvalue weighted by molar-refractivity contribution is 7.89. The van der Waals surface area contributed by atoms with E-state index in [4.69, 9.17) is 0 Å². The van der Waals surface area contributed by atoms with Crippen molar-refractivity contribution in [2.24, 2.45) is 0 Å². The molecule has 1 amide bonds. The number of hydrogen-bond donors (Lipinski definition) is 1. The largest absolute Gasteiger partial charge is 0.322 e. The van der Waals surface area contributed by atoms with Crippen LogP contribution in [0.2, 0.25) is 0 Å². The summed E-state index contributed by atoms with van der Waals surface area (Å²) in [7, 11) is -1.98. The fourth-order valence-electron chi connectivity index (χ4n) is 2.38. The summed E-state index contributed by atoms with van der Waals surface area (Å²) in [5.41, 5.74) is 2.28. The lowest BCUT2D eigenvalue weighted by Crippen LogP contribution is -2.33. The van der Waals surface area contributed by atoms with Gasteiger partial charge in [0.05, 0.1) is 4.90 Å². The molecule has 0 aliphatic heterocycles. The predicted octanol–water partition coefficient (Wildman–Crippen LogP) is 4.09. The third-order valence-electron chi connectivity index (χ3n) is 4.36. The van der Waals surface area contributed by atoms with Gasteiger partial charge in [-0.05, 0) is 61.7 Å². The standard InChI is InChI=1S/C20H26N2O3S/c1-14(2)16-6-8-17(9-7-16)20(23)21-18-10-12-19(13-11-18)26(24,25)22(5)15(3)4/h6-15H,1-5H3,(H,21,23). The van der Waals surface area contributed by atoms with Crippen LogP contribution in [0.25, 0.3) is 0 Å². The maximum atomic E-state index is 12.5. The van der Waals surface area contributed by atoms with Crippen molar-refractivity contribution in [3.63, 3.8) is 0 Å². The molecule has 0 aliphatic carbocycles. The summed E-state index contributed by atoms with van der Waals surface area (Å²) in [6.45, 7) is 7.83. The van der Waals surface area contributed by atoms with Crippen molar-refractivity contribution < 1.29 is 13.2 Å². The average Bonchev–Trinajstić information content (AvgIpc) is 2.61. The number of benzene rings is 2. The van der Waals surface area contributed by atoms with E-state index in [0.717, 1.165) is 0 Å². The van der Waals surface area contributed by atoms with E-state index in [-0.39, 0.29) is 16.8 Å². The van der Waals surface area contributed by atoms with Crippen LogP contribution in [-0.2, 0) is 10.0 Å². The van der Waals surface area contributed by atoms with Gasteiger partial charge in [-0.25, -0.2) is 8.42 Å². The molecule has 140 valence electrons. The molecule has 0 atom stereocenters. The fourth-order valence-corrected chi connectivity index (χ4v) is 3.74. The highest BCUT2D eigenvalue weighted by Gasteiger charge is 2.22. The summed E-state index contributed by atoms with van der Waals surface area (Å²) in [4.78, 5) is 12.5. The van der Waals surface area contributed by atoms with Crippen molar-refractivity contribution in [3.05, 3.63) is 59.7 Å². The Labute approximate surface area is 156 Å². The van der Waals surface area contributed by atoms with Gasteiger partial charge < -0.3 is 5.32 Å². The molecule has 26 heavy (non-hydrogen) atoms. The van der Waals surface area contributed by atoms with Gasteiger partial charge in [-0.1, -0.05) is 26.0 Å². The Hall–Kier alpha value is -2.18. The van der Waals surface area contributed by atoms with E-state index in [9.17, 15) is 13.2 Å². The monoisotopic (exact) mass is 374 g/mol. The highest BCUT2D eigenvalue weighted by atomic mass is 32.2. The zero-order valence-corrected chi connectivity index (χ0v) is 16.7. The summed E-state index contributed by atoms with van der Waals surface area (Å²) < 4.78 is 26.2. The molecule has 0 aliphatic rings. The van der Waals surface area contributed by atoms with Crippen molar-refractivity contribution in [1.82, 2.24) is 4.31 Å². The van der Waals surface area contributed by atoms with Crippen LogP contribution in [0.3, 0.4) is 0 Å². The molecule has 2 aromatic rings. The first-order valence-corrected chi connectivity index (χ1v) is 10.1. The van der Waals surface area contributed by atoms with Gasteiger partial charge in [-0.3, -0.25) is 4.79 Å². The van der Waals surface area contributed by atoms with Crippen molar-refractivity contribution in [1.29, 1.82) is 0 Å². The van der Waals surface area contributed by atoms with Gasteiger partial charge in [0.15, 0.2) is 0 Å². The molecule has 0 saturated carbocycles. The SMILES string of the molecule is CC(C)c1ccc(C(=O)Nc2ccc(S(=O)(=O)N(C)C(C)C)cc2)cc1. The van der Waals surface area contributed by atoms with Crippen LogP contribution in [0.4, 0.5) is 5.69 Å². The van der Waals surface area contributed by atoms with Crippen LogP contribution < -0.4 is 5.32 Å². The number of nitrogens with zero attached hydrogens (tertiary/aromatic N) is 1. The first kappa shape index (κ1) is 20.1. The number of nitrogens with one attached hydrogen (secondary N) is 1. The number of rotatable bonds is 6. The second kappa shape index (κ2) is 8.01. The van der Waals surface area contributed by atoms with Crippen LogP contribution in [0.15, 0.2) is 53.4 Å². The summed E-state index contributed by atoms with van der Waals surface area (Å²) in [5, 5.41) is 2.79. The van der Waals surface area contributed by atoms with Crippen LogP contribution >= 0.6 is 0 Å². The second-order valence-corrected chi connectivity index (χ2v) is 8.87. The van der Waals surface area contributed by atoms with Crippen LogP contribution in [0, 0.1) is 0 Å². The van der Waals surface area contributed by atoms with Crippen molar-refractivity contribution in [2.45, 2.75) is 44.6 Å². The molecular weight excluding hydrogens is 348 g/mol. The molecule has 0 unspecified atom stereocenters. The third-order valence-corrected chi connectivity index (χ3v) is 6.40. The van der Waals surface area contributed by atoms with Crippen LogP contribution in [-0.4, -0.2) is 31.7 Å². The maximum absolute atomic E-state index is 12.5. The normalized spacial score (nSPS) is 12.0. The summed E-state index contributed by atoms with van der Waals surface area (Å²) >= 11 is 0. The van der Waals surface area contributed by atoms with Gasteiger partial charge in [0.2, 0.25) is 10.0 Å². The zero-order chi connectivity index (χ0) is 19.5. The Morgan fingerprint density at radius 3 is 1.92 bits per heavy atom. The number of carbonyl (C=O) groups is 1. The molecule has 0 bridgehead atoms. The number of anilines is 1. The van der Waals surface area contributed by atoms with E-state index < -0.39 is 10.0 Å².